The fraction of sp³-hybridized carbons (Fsp3) is 0.241. The summed E-state index contributed by atoms with van der Waals surface area (Å²) in [4.78, 5) is 29.8. The lowest BCUT2D eigenvalue weighted by Crippen LogP contribution is -2.30. The molecule has 2 aromatic heterocycles. The van der Waals surface area contributed by atoms with Crippen LogP contribution >= 0.6 is 0 Å². The SMILES string of the molecule is COc1ccc(CNC(=O)n2nc(-c3cc(NC(=O)c4ccncc4)ccc3O)cc2C2CCCC2)cc1. The normalized spacial score (nSPS) is 13.3. The summed E-state index contributed by atoms with van der Waals surface area (Å²) in [6, 6.07) is 17.1. The van der Waals surface area contributed by atoms with Gasteiger partial charge in [-0.15, -0.1) is 0 Å². The molecule has 0 radical (unpaired) electrons. The molecule has 9 heteroatoms. The molecular formula is C29H29N5O4. The van der Waals surface area contributed by atoms with Crippen molar-refractivity contribution < 1.29 is 19.4 Å². The van der Waals surface area contributed by atoms with E-state index in [-0.39, 0.29) is 23.6 Å². The van der Waals surface area contributed by atoms with Crippen LogP contribution in [0.1, 0.15) is 53.2 Å². The van der Waals surface area contributed by atoms with Crippen LogP contribution in [0.5, 0.6) is 11.5 Å². The lowest BCUT2D eigenvalue weighted by molar-refractivity contribution is 0.102. The summed E-state index contributed by atoms with van der Waals surface area (Å²) in [7, 11) is 1.61. The molecule has 2 aromatic carbocycles. The van der Waals surface area contributed by atoms with Crippen molar-refractivity contribution in [2.45, 2.75) is 38.1 Å². The van der Waals surface area contributed by atoms with E-state index in [1.54, 1.807) is 43.8 Å². The number of rotatable bonds is 7. The number of nitrogens with zero attached hydrogens (tertiary/aromatic N) is 3. The Kier molecular flexibility index (Phi) is 7.35. The van der Waals surface area contributed by atoms with Crippen LogP contribution in [0.25, 0.3) is 11.3 Å². The third kappa shape index (κ3) is 5.51. The molecule has 2 amide bonds. The maximum absolute atomic E-state index is 13.3. The highest BCUT2D eigenvalue weighted by Gasteiger charge is 2.26. The molecule has 0 bridgehead atoms. The summed E-state index contributed by atoms with van der Waals surface area (Å²) >= 11 is 0. The molecule has 1 fully saturated rings. The minimum absolute atomic E-state index is 0.00757. The van der Waals surface area contributed by atoms with Crippen molar-refractivity contribution in [2.75, 3.05) is 12.4 Å². The number of pyridine rings is 1. The molecular weight excluding hydrogens is 482 g/mol. The van der Waals surface area contributed by atoms with E-state index in [0.29, 0.717) is 29.1 Å². The van der Waals surface area contributed by atoms with Crippen LogP contribution in [0.15, 0.2) is 73.1 Å². The fourth-order valence-electron chi connectivity index (χ4n) is 4.72. The summed E-state index contributed by atoms with van der Waals surface area (Å²) in [5, 5.41) is 21.1. The van der Waals surface area contributed by atoms with Crippen molar-refractivity contribution in [2.24, 2.45) is 0 Å². The van der Waals surface area contributed by atoms with Crippen molar-refractivity contribution in [1.29, 1.82) is 0 Å². The number of hydrogen-bond acceptors (Lipinski definition) is 6. The highest BCUT2D eigenvalue weighted by atomic mass is 16.5. The van der Waals surface area contributed by atoms with Gasteiger partial charge in [-0.2, -0.15) is 9.78 Å². The first-order chi connectivity index (χ1) is 18.5. The number of aromatic nitrogens is 3. The van der Waals surface area contributed by atoms with E-state index < -0.39 is 0 Å². The molecule has 0 unspecified atom stereocenters. The molecule has 0 saturated heterocycles. The van der Waals surface area contributed by atoms with E-state index in [0.717, 1.165) is 42.7 Å². The molecule has 3 N–H and O–H groups in total. The van der Waals surface area contributed by atoms with E-state index in [1.807, 2.05) is 30.3 Å². The number of nitrogens with one attached hydrogen (secondary N) is 2. The standard InChI is InChI=1S/C29H29N5O4/c1-38-23-9-6-19(7-10-23)18-31-29(37)34-26(20-4-2-3-5-20)17-25(33-34)24-16-22(8-11-27(24)35)32-28(36)21-12-14-30-15-13-21/h6-17,20,35H,2-5,18H2,1H3,(H,31,37)(H,32,36). The highest BCUT2D eigenvalue weighted by Crippen LogP contribution is 2.38. The number of methoxy groups -OCH3 is 1. The second kappa shape index (κ2) is 11.2. The van der Waals surface area contributed by atoms with Gasteiger partial charge in [-0.3, -0.25) is 9.78 Å². The fourth-order valence-corrected chi connectivity index (χ4v) is 4.72. The van der Waals surface area contributed by atoms with Crippen molar-refractivity contribution in [3.05, 3.63) is 89.9 Å². The third-order valence-electron chi connectivity index (χ3n) is 6.78. The van der Waals surface area contributed by atoms with Crippen LogP contribution in [-0.2, 0) is 6.54 Å². The maximum atomic E-state index is 13.3. The van der Waals surface area contributed by atoms with Gasteiger partial charge < -0.3 is 20.5 Å². The van der Waals surface area contributed by atoms with Gasteiger partial charge in [0.25, 0.3) is 5.91 Å². The van der Waals surface area contributed by atoms with E-state index in [4.69, 9.17) is 4.74 Å². The lowest BCUT2D eigenvalue weighted by Gasteiger charge is -2.12. The van der Waals surface area contributed by atoms with Crippen molar-refractivity contribution >= 4 is 17.6 Å². The number of aromatic hydroxyl groups is 1. The average molecular weight is 512 g/mol. The monoisotopic (exact) mass is 511 g/mol. The molecule has 1 saturated carbocycles. The molecule has 38 heavy (non-hydrogen) atoms. The molecule has 1 aliphatic carbocycles. The van der Waals surface area contributed by atoms with Crippen molar-refractivity contribution in [3.8, 4) is 22.8 Å². The lowest BCUT2D eigenvalue weighted by atomic mass is 10.0. The smallest absolute Gasteiger partial charge is 0.342 e. The summed E-state index contributed by atoms with van der Waals surface area (Å²) < 4.78 is 6.61. The van der Waals surface area contributed by atoms with Gasteiger partial charge in [-0.1, -0.05) is 25.0 Å². The summed E-state index contributed by atoms with van der Waals surface area (Å²) in [6.45, 7) is 0.337. The zero-order valence-electron chi connectivity index (χ0n) is 21.1. The first-order valence-corrected chi connectivity index (χ1v) is 12.6. The second-order valence-corrected chi connectivity index (χ2v) is 9.28. The summed E-state index contributed by atoms with van der Waals surface area (Å²) in [5.74, 6) is 0.673. The zero-order chi connectivity index (χ0) is 26.5. The first kappa shape index (κ1) is 25.0. The number of anilines is 1. The Morgan fingerprint density at radius 1 is 1.03 bits per heavy atom. The molecule has 9 nitrogen and oxygen atoms in total. The topological polar surface area (TPSA) is 118 Å². The van der Waals surface area contributed by atoms with Crippen molar-refractivity contribution in [1.82, 2.24) is 20.1 Å². The summed E-state index contributed by atoms with van der Waals surface area (Å²) in [5.41, 5.74) is 3.61. The number of phenols is 1. The molecule has 2 heterocycles. The molecule has 0 spiro atoms. The van der Waals surface area contributed by atoms with Crippen LogP contribution in [-0.4, -0.2) is 38.9 Å². The van der Waals surface area contributed by atoms with Gasteiger partial charge in [0.05, 0.1) is 18.5 Å². The van der Waals surface area contributed by atoms with Crippen LogP contribution in [0.4, 0.5) is 10.5 Å². The predicted octanol–water partition coefficient (Wildman–Crippen LogP) is 5.33. The molecule has 0 atom stereocenters. The molecule has 1 aliphatic rings. The quantitative estimate of drug-likeness (QED) is 0.289. The number of carbonyl (C=O) groups is 2. The van der Waals surface area contributed by atoms with E-state index in [2.05, 4.69) is 20.7 Å². The first-order valence-electron chi connectivity index (χ1n) is 12.6. The number of hydrogen-bond donors (Lipinski definition) is 3. The maximum Gasteiger partial charge on any atom is 0.342 e. The van der Waals surface area contributed by atoms with Gasteiger partial charge >= 0.3 is 6.03 Å². The van der Waals surface area contributed by atoms with Crippen LogP contribution in [0.2, 0.25) is 0 Å². The molecule has 194 valence electrons. The van der Waals surface area contributed by atoms with Crippen LogP contribution < -0.4 is 15.4 Å². The van der Waals surface area contributed by atoms with Crippen molar-refractivity contribution in [3.63, 3.8) is 0 Å². The third-order valence-corrected chi connectivity index (χ3v) is 6.78. The summed E-state index contributed by atoms with van der Waals surface area (Å²) in [6.07, 6.45) is 7.25. The van der Waals surface area contributed by atoms with Gasteiger partial charge in [-0.05, 0) is 66.9 Å². The minimum Gasteiger partial charge on any atom is -0.507 e. The highest BCUT2D eigenvalue weighted by molar-refractivity contribution is 6.04. The van der Waals surface area contributed by atoms with Gasteiger partial charge in [0.1, 0.15) is 11.5 Å². The van der Waals surface area contributed by atoms with Gasteiger partial charge in [0, 0.05) is 41.7 Å². The molecule has 4 aromatic rings. The Morgan fingerprint density at radius 3 is 2.47 bits per heavy atom. The van der Waals surface area contributed by atoms with Crippen LogP contribution in [0.3, 0.4) is 0 Å². The number of phenolic OH excluding ortho intramolecular Hbond substituents is 1. The predicted molar refractivity (Wildman–Crippen MR) is 143 cm³/mol. The average Bonchev–Trinajstić information content (AvgIpc) is 3.64. The number of ether oxygens (including phenoxy) is 1. The Morgan fingerprint density at radius 2 is 1.76 bits per heavy atom. The molecule has 5 rings (SSSR count). The Bertz CT molecular complexity index is 1430. The largest absolute Gasteiger partial charge is 0.507 e. The Balaban J connectivity index is 1.40. The van der Waals surface area contributed by atoms with Crippen LogP contribution in [0, 0.1) is 0 Å². The number of benzene rings is 2. The number of amides is 2. The Labute approximate surface area is 220 Å². The van der Waals surface area contributed by atoms with E-state index in [9.17, 15) is 14.7 Å². The Hall–Kier alpha value is -4.66. The van der Waals surface area contributed by atoms with E-state index in [1.165, 1.54) is 10.7 Å². The van der Waals surface area contributed by atoms with Gasteiger partial charge in [-0.25, -0.2) is 4.79 Å². The zero-order valence-corrected chi connectivity index (χ0v) is 21.1. The second-order valence-electron chi connectivity index (χ2n) is 9.28. The minimum atomic E-state index is -0.337. The number of carbonyl (C=O) groups excluding carboxylic acids is 2. The van der Waals surface area contributed by atoms with E-state index >= 15 is 0 Å². The van der Waals surface area contributed by atoms with Gasteiger partial charge in [0.2, 0.25) is 0 Å². The van der Waals surface area contributed by atoms with Gasteiger partial charge in [0.15, 0.2) is 0 Å². The molecule has 0 aliphatic heterocycles.